The number of hydrogen-bond donors (Lipinski definition) is 1. The van der Waals surface area contributed by atoms with Crippen molar-refractivity contribution >= 4 is 28.4 Å². The van der Waals surface area contributed by atoms with Gasteiger partial charge in [-0.2, -0.15) is 0 Å². The van der Waals surface area contributed by atoms with Gasteiger partial charge in [-0.25, -0.2) is 0 Å². The molecule has 1 heterocycles. The predicted molar refractivity (Wildman–Crippen MR) is 186 cm³/mol. The van der Waals surface area contributed by atoms with Crippen molar-refractivity contribution in [3.8, 4) is 0 Å². The van der Waals surface area contributed by atoms with Crippen LogP contribution in [-0.4, -0.2) is 5.91 Å². The molecule has 1 amide bonds. The molecule has 1 aliphatic rings. The number of rotatable bonds is 8. The molecular weight excluding hydrogens is 548 g/mol. The van der Waals surface area contributed by atoms with Crippen LogP contribution in [0, 0.1) is 5.92 Å². The minimum atomic E-state index is -0.315. The highest BCUT2D eigenvalue weighted by molar-refractivity contribution is 6.34. The van der Waals surface area contributed by atoms with E-state index in [9.17, 15) is 0 Å². The van der Waals surface area contributed by atoms with Crippen molar-refractivity contribution < 1.29 is 4.79 Å². The molecule has 0 aromatic heterocycles. The first-order valence-electron chi connectivity index (χ1n) is 15.4. The second-order valence-corrected chi connectivity index (χ2v) is 11.3. The summed E-state index contributed by atoms with van der Waals surface area (Å²) in [6.07, 6.45) is 0. The van der Waals surface area contributed by atoms with Crippen molar-refractivity contribution in [1.29, 1.82) is 0 Å². The summed E-state index contributed by atoms with van der Waals surface area (Å²) in [5.74, 6) is -0.201. The molecule has 3 heteroatoms. The Morgan fingerprint density at radius 1 is 0.511 bits per heavy atom. The van der Waals surface area contributed by atoms with E-state index in [1.807, 2.05) is 71.6 Å². The monoisotopic (exact) mass is 582 g/mol. The van der Waals surface area contributed by atoms with Gasteiger partial charge < -0.3 is 10.2 Å². The first kappa shape index (κ1) is 28.1. The van der Waals surface area contributed by atoms with Crippen LogP contribution in [0.15, 0.2) is 182 Å². The SMILES string of the molecule is O=C1C(c2ccccc2)=C(c2ccccc2)C(C(Nc2ccccc2)c2ccccc2)C(c2ccccc2)N1c1ccccc1. The zero-order chi connectivity index (χ0) is 30.4. The quantitative estimate of drug-likeness (QED) is 0.194. The highest BCUT2D eigenvalue weighted by atomic mass is 16.2. The summed E-state index contributed by atoms with van der Waals surface area (Å²) < 4.78 is 0. The maximum absolute atomic E-state index is 15.2. The molecule has 6 aromatic carbocycles. The molecule has 3 nitrogen and oxygen atoms in total. The van der Waals surface area contributed by atoms with Crippen molar-refractivity contribution in [2.45, 2.75) is 12.1 Å². The zero-order valence-electron chi connectivity index (χ0n) is 24.9. The molecule has 0 aliphatic carbocycles. The van der Waals surface area contributed by atoms with Gasteiger partial charge in [0.2, 0.25) is 0 Å². The third-order valence-corrected chi connectivity index (χ3v) is 8.59. The number of carbonyl (C=O) groups excluding carboxylic acids is 1. The van der Waals surface area contributed by atoms with E-state index in [1.165, 1.54) is 0 Å². The maximum atomic E-state index is 15.2. The number of nitrogens with zero attached hydrogens (tertiary/aromatic N) is 1. The smallest absolute Gasteiger partial charge is 0.259 e. The molecule has 0 saturated carbocycles. The van der Waals surface area contributed by atoms with E-state index in [-0.39, 0.29) is 23.9 Å². The zero-order valence-corrected chi connectivity index (χ0v) is 24.9. The lowest BCUT2D eigenvalue weighted by atomic mass is 9.70. The topological polar surface area (TPSA) is 32.3 Å². The Morgan fingerprint density at radius 2 is 0.978 bits per heavy atom. The van der Waals surface area contributed by atoms with Gasteiger partial charge in [0.05, 0.1) is 17.7 Å². The molecule has 6 aromatic rings. The van der Waals surface area contributed by atoms with Crippen molar-refractivity contribution in [2.24, 2.45) is 5.92 Å². The number of para-hydroxylation sites is 2. The molecule has 0 spiro atoms. The van der Waals surface area contributed by atoms with Gasteiger partial charge in [-0.15, -0.1) is 0 Å². The van der Waals surface area contributed by atoms with Gasteiger partial charge in [-0.3, -0.25) is 4.79 Å². The van der Waals surface area contributed by atoms with Gasteiger partial charge in [-0.1, -0.05) is 158 Å². The molecule has 1 N–H and O–H groups in total. The molecule has 1 aliphatic heterocycles. The Hall–Kier alpha value is -5.67. The largest absolute Gasteiger partial charge is 0.378 e. The van der Waals surface area contributed by atoms with Crippen molar-refractivity contribution in [1.82, 2.24) is 0 Å². The molecule has 218 valence electrons. The number of anilines is 2. The molecule has 0 bridgehead atoms. The third-order valence-electron chi connectivity index (χ3n) is 8.59. The summed E-state index contributed by atoms with van der Waals surface area (Å²) in [5.41, 5.74) is 7.82. The number of benzene rings is 6. The first-order valence-corrected chi connectivity index (χ1v) is 15.4. The van der Waals surface area contributed by atoms with E-state index in [0.717, 1.165) is 44.8 Å². The van der Waals surface area contributed by atoms with Gasteiger partial charge in [0.1, 0.15) is 0 Å². The molecule has 3 atom stereocenters. The lowest BCUT2D eigenvalue weighted by Crippen LogP contribution is -2.46. The standard InChI is InChI=1S/C42H34N2O/c45-42-38(32-21-9-2-10-22-32)37(31-19-7-1-8-20-31)39(40(33-23-11-3-12-24-33)43-35-27-15-5-16-28-35)41(34-25-13-4-14-26-34)44(42)36-29-17-6-18-30-36/h1-30,39-41,43H. The van der Waals surface area contributed by atoms with Crippen LogP contribution >= 0.6 is 0 Å². The summed E-state index contributed by atoms with van der Waals surface area (Å²) in [6, 6.07) is 61.7. The minimum Gasteiger partial charge on any atom is -0.378 e. The third kappa shape index (κ3) is 5.69. The lowest BCUT2D eigenvalue weighted by molar-refractivity contribution is -0.114. The maximum Gasteiger partial charge on any atom is 0.259 e. The summed E-state index contributed by atoms with van der Waals surface area (Å²) in [6.45, 7) is 0. The Balaban J connectivity index is 1.59. The van der Waals surface area contributed by atoms with E-state index >= 15 is 4.79 Å². The summed E-state index contributed by atoms with van der Waals surface area (Å²) >= 11 is 0. The number of nitrogens with one attached hydrogen (secondary N) is 1. The Morgan fingerprint density at radius 3 is 1.56 bits per heavy atom. The second-order valence-electron chi connectivity index (χ2n) is 11.3. The molecule has 45 heavy (non-hydrogen) atoms. The van der Waals surface area contributed by atoms with Crippen molar-refractivity contribution in [3.05, 3.63) is 204 Å². The van der Waals surface area contributed by atoms with Crippen LogP contribution in [0.25, 0.3) is 11.1 Å². The normalized spacial score (nSPS) is 17.2. The van der Waals surface area contributed by atoms with Crippen LogP contribution in [0.2, 0.25) is 0 Å². The summed E-state index contributed by atoms with van der Waals surface area (Å²) in [5, 5.41) is 3.95. The summed E-state index contributed by atoms with van der Waals surface area (Å²) in [4.78, 5) is 17.2. The Bertz CT molecular complexity index is 1870. The highest BCUT2D eigenvalue weighted by Gasteiger charge is 2.47. The van der Waals surface area contributed by atoms with E-state index in [1.54, 1.807) is 0 Å². The fourth-order valence-corrected chi connectivity index (χ4v) is 6.66. The molecule has 7 rings (SSSR count). The lowest BCUT2D eigenvalue weighted by Gasteiger charge is -2.47. The van der Waals surface area contributed by atoms with Gasteiger partial charge in [0.15, 0.2) is 0 Å². The Kier molecular flexibility index (Phi) is 8.07. The van der Waals surface area contributed by atoms with Crippen molar-refractivity contribution in [3.63, 3.8) is 0 Å². The van der Waals surface area contributed by atoms with Crippen LogP contribution in [0.3, 0.4) is 0 Å². The van der Waals surface area contributed by atoms with E-state index < -0.39 is 0 Å². The van der Waals surface area contributed by atoms with Crippen LogP contribution in [-0.2, 0) is 4.79 Å². The minimum absolute atomic E-state index is 0.0112. The van der Waals surface area contributed by atoms with Crippen molar-refractivity contribution in [2.75, 3.05) is 10.2 Å². The average Bonchev–Trinajstić information content (AvgIpc) is 3.12. The van der Waals surface area contributed by atoms with Gasteiger partial charge in [0, 0.05) is 17.3 Å². The fraction of sp³-hybridized carbons (Fsp3) is 0.0714. The Labute approximate surface area is 265 Å². The number of hydrogen-bond acceptors (Lipinski definition) is 2. The molecule has 0 saturated heterocycles. The summed E-state index contributed by atoms with van der Waals surface area (Å²) in [7, 11) is 0. The first-order chi connectivity index (χ1) is 22.3. The van der Waals surface area contributed by atoms with E-state index in [4.69, 9.17) is 0 Å². The van der Waals surface area contributed by atoms with Gasteiger partial charge >= 0.3 is 0 Å². The molecular formula is C42H34N2O. The van der Waals surface area contributed by atoms with E-state index in [0.29, 0.717) is 0 Å². The molecule has 0 radical (unpaired) electrons. The van der Waals surface area contributed by atoms with Gasteiger partial charge in [0.25, 0.3) is 5.91 Å². The predicted octanol–water partition coefficient (Wildman–Crippen LogP) is 9.86. The molecule has 3 unspecified atom stereocenters. The molecule has 0 fully saturated rings. The van der Waals surface area contributed by atoms with Crippen LogP contribution in [0.1, 0.15) is 34.3 Å². The number of amides is 1. The van der Waals surface area contributed by atoms with Crippen LogP contribution in [0.4, 0.5) is 11.4 Å². The highest BCUT2D eigenvalue weighted by Crippen LogP contribution is 2.53. The average molecular weight is 583 g/mol. The van der Waals surface area contributed by atoms with Gasteiger partial charge in [-0.05, 0) is 52.1 Å². The second kappa shape index (κ2) is 12.9. The fourth-order valence-electron chi connectivity index (χ4n) is 6.66. The van der Waals surface area contributed by atoms with Crippen LogP contribution < -0.4 is 10.2 Å². The van der Waals surface area contributed by atoms with E-state index in [2.05, 4.69) is 121 Å². The number of carbonyl (C=O) groups is 1. The van der Waals surface area contributed by atoms with Crippen LogP contribution in [0.5, 0.6) is 0 Å².